The minimum absolute atomic E-state index is 0.0173. The van der Waals surface area contributed by atoms with Gasteiger partial charge in [0.1, 0.15) is 11.9 Å². The predicted octanol–water partition coefficient (Wildman–Crippen LogP) is 2.62. The van der Waals surface area contributed by atoms with Gasteiger partial charge >= 0.3 is 0 Å². The second kappa shape index (κ2) is 4.96. The molecule has 108 valence electrons. The molecule has 5 heteroatoms. The molecule has 1 saturated carbocycles. The van der Waals surface area contributed by atoms with Crippen LogP contribution in [0.5, 0.6) is 0 Å². The number of nitrogens with zero attached hydrogens (tertiary/aromatic N) is 2. The van der Waals surface area contributed by atoms with Crippen molar-refractivity contribution in [2.24, 2.45) is 17.8 Å². The smallest absolute Gasteiger partial charge is 0.237 e. The van der Waals surface area contributed by atoms with Crippen LogP contribution in [0.1, 0.15) is 31.7 Å². The van der Waals surface area contributed by atoms with Gasteiger partial charge in [-0.25, -0.2) is 9.29 Å². The van der Waals surface area contributed by atoms with E-state index in [4.69, 9.17) is 5.26 Å². The molecular weight excluding hydrogens is 271 g/mol. The number of carbonyl (C=O) groups is 2. The normalized spacial score (nSPS) is 27.9. The van der Waals surface area contributed by atoms with Gasteiger partial charge in [-0.3, -0.25) is 9.59 Å². The van der Waals surface area contributed by atoms with Crippen molar-refractivity contribution in [2.45, 2.75) is 26.2 Å². The van der Waals surface area contributed by atoms with Crippen molar-refractivity contribution in [3.8, 4) is 6.07 Å². The topological polar surface area (TPSA) is 61.2 Å². The van der Waals surface area contributed by atoms with Crippen molar-refractivity contribution in [3.63, 3.8) is 0 Å². The number of hydrogen-bond donors (Lipinski definition) is 0. The summed E-state index contributed by atoms with van der Waals surface area (Å²) in [5.74, 6) is -1.19. The van der Waals surface area contributed by atoms with E-state index in [0.717, 1.165) is 30.2 Å². The number of nitriles is 1. The average molecular weight is 286 g/mol. The molecule has 0 N–H and O–H groups in total. The Hall–Kier alpha value is -2.22. The quantitative estimate of drug-likeness (QED) is 0.785. The molecule has 1 aromatic carbocycles. The molecule has 1 saturated heterocycles. The molecule has 2 fully saturated rings. The average Bonchev–Trinajstić information content (AvgIpc) is 3.00. The Morgan fingerprint density at radius 3 is 2.43 bits per heavy atom. The second-order valence-corrected chi connectivity index (χ2v) is 5.74. The second-order valence-electron chi connectivity index (χ2n) is 5.74. The predicted molar refractivity (Wildman–Crippen MR) is 73.6 cm³/mol. The first-order valence-electron chi connectivity index (χ1n) is 7.14. The first kappa shape index (κ1) is 13.7. The molecule has 1 aromatic rings. The molecule has 0 spiro atoms. The Bertz CT molecular complexity index is 641. The number of hydrogen-bond acceptors (Lipinski definition) is 3. The Morgan fingerprint density at radius 1 is 1.29 bits per heavy atom. The van der Waals surface area contributed by atoms with Crippen LogP contribution in [0.3, 0.4) is 0 Å². The Labute approximate surface area is 122 Å². The third-order valence-corrected chi connectivity index (χ3v) is 4.63. The van der Waals surface area contributed by atoms with Crippen molar-refractivity contribution in [1.82, 2.24) is 0 Å². The number of amides is 2. The van der Waals surface area contributed by atoms with Crippen molar-refractivity contribution < 1.29 is 14.0 Å². The standard InChI is InChI=1S/C16H15FN2O2/c1-2-9-5-12-13(6-9)16(21)19(15(12)20)14-4-3-11(17)7-10(14)8-18/h3-4,7,9,12-13H,2,5-6H2,1H3. The fourth-order valence-electron chi connectivity index (χ4n) is 3.49. The third-order valence-electron chi connectivity index (χ3n) is 4.63. The summed E-state index contributed by atoms with van der Waals surface area (Å²) >= 11 is 0. The maximum absolute atomic E-state index is 13.2. The minimum atomic E-state index is -0.555. The fraction of sp³-hybridized carbons (Fsp3) is 0.438. The lowest BCUT2D eigenvalue weighted by Crippen LogP contribution is -2.32. The van der Waals surface area contributed by atoms with Gasteiger partial charge in [-0.05, 0) is 37.0 Å². The fourth-order valence-corrected chi connectivity index (χ4v) is 3.49. The summed E-state index contributed by atoms with van der Waals surface area (Å²) in [4.78, 5) is 26.1. The summed E-state index contributed by atoms with van der Waals surface area (Å²) < 4.78 is 13.2. The molecular formula is C16H15FN2O2. The largest absolute Gasteiger partial charge is 0.274 e. The number of fused-ring (bicyclic) bond motifs is 1. The van der Waals surface area contributed by atoms with Crippen molar-refractivity contribution in [1.29, 1.82) is 5.26 Å². The van der Waals surface area contributed by atoms with Crippen molar-refractivity contribution in [2.75, 3.05) is 4.90 Å². The summed E-state index contributed by atoms with van der Waals surface area (Å²) in [5.41, 5.74) is 0.222. The minimum Gasteiger partial charge on any atom is -0.274 e. The summed E-state index contributed by atoms with van der Waals surface area (Å²) in [7, 11) is 0. The van der Waals surface area contributed by atoms with Gasteiger partial charge in [-0.15, -0.1) is 0 Å². The molecule has 21 heavy (non-hydrogen) atoms. The molecule has 4 nitrogen and oxygen atoms in total. The van der Waals surface area contributed by atoms with Crippen LogP contribution in [-0.2, 0) is 9.59 Å². The van der Waals surface area contributed by atoms with Gasteiger partial charge in [0.2, 0.25) is 11.8 Å². The summed E-state index contributed by atoms with van der Waals surface area (Å²) in [6, 6.07) is 5.41. The summed E-state index contributed by atoms with van der Waals surface area (Å²) in [6.45, 7) is 2.06. The monoisotopic (exact) mass is 286 g/mol. The molecule has 3 rings (SSSR count). The highest BCUT2D eigenvalue weighted by atomic mass is 19.1. The first-order chi connectivity index (χ1) is 10.1. The maximum Gasteiger partial charge on any atom is 0.237 e. The molecule has 0 bridgehead atoms. The van der Waals surface area contributed by atoms with Crippen LogP contribution in [0.25, 0.3) is 0 Å². The molecule has 0 aromatic heterocycles. The number of benzene rings is 1. The molecule has 0 radical (unpaired) electrons. The van der Waals surface area contributed by atoms with Crippen LogP contribution in [0, 0.1) is 34.9 Å². The lowest BCUT2D eigenvalue weighted by molar-refractivity contribution is -0.123. The Morgan fingerprint density at radius 2 is 1.90 bits per heavy atom. The van der Waals surface area contributed by atoms with Crippen LogP contribution in [0.15, 0.2) is 18.2 Å². The van der Waals surface area contributed by atoms with Crippen LogP contribution in [0.2, 0.25) is 0 Å². The van der Waals surface area contributed by atoms with Gasteiger partial charge in [-0.2, -0.15) is 5.26 Å². The van der Waals surface area contributed by atoms with Gasteiger partial charge in [0.15, 0.2) is 0 Å². The van der Waals surface area contributed by atoms with Crippen LogP contribution in [0.4, 0.5) is 10.1 Å². The zero-order valence-corrected chi connectivity index (χ0v) is 11.7. The van der Waals surface area contributed by atoms with Gasteiger partial charge in [0, 0.05) is 0 Å². The molecule has 2 aliphatic rings. The lowest BCUT2D eigenvalue weighted by atomic mass is 10.00. The molecule has 2 unspecified atom stereocenters. The molecule has 1 heterocycles. The zero-order valence-electron chi connectivity index (χ0n) is 11.7. The van der Waals surface area contributed by atoms with E-state index in [0.29, 0.717) is 5.92 Å². The van der Waals surface area contributed by atoms with E-state index in [1.165, 1.54) is 12.1 Å². The van der Waals surface area contributed by atoms with Gasteiger partial charge < -0.3 is 0 Å². The van der Waals surface area contributed by atoms with Gasteiger partial charge in [0.25, 0.3) is 0 Å². The van der Waals surface area contributed by atoms with E-state index in [2.05, 4.69) is 6.92 Å². The van der Waals surface area contributed by atoms with E-state index >= 15 is 0 Å². The highest BCUT2D eigenvalue weighted by molar-refractivity contribution is 6.22. The molecule has 2 amide bonds. The van der Waals surface area contributed by atoms with E-state index < -0.39 is 5.82 Å². The summed E-state index contributed by atoms with van der Waals surface area (Å²) in [6.07, 6.45) is 2.42. The van der Waals surface area contributed by atoms with Crippen LogP contribution in [-0.4, -0.2) is 11.8 Å². The van der Waals surface area contributed by atoms with Gasteiger partial charge in [-0.1, -0.05) is 13.3 Å². The van der Waals surface area contributed by atoms with Crippen molar-refractivity contribution in [3.05, 3.63) is 29.6 Å². The van der Waals surface area contributed by atoms with Crippen LogP contribution >= 0.6 is 0 Å². The van der Waals surface area contributed by atoms with E-state index in [1.54, 1.807) is 0 Å². The summed E-state index contributed by atoms with van der Waals surface area (Å²) in [5, 5.41) is 9.09. The third kappa shape index (κ3) is 2.02. The Kier molecular flexibility index (Phi) is 3.25. The van der Waals surface area contributed by atoms with Gasteiger partial charge in [0.05, 0.1) is 23.1 Å². The van der Waals surface area contributed by atoms with Crippen LogP contribution < -0.4 is 4.90 Å². The lowest BCUT2D eigenvalue weighted by Gasteiger charge is -2.18. The zero-order chi connectivity index (χ0) is 15.1. The number of anilines is 1. The number of halogens is 1. The van der Waals surface area contributed by atoms with E-state index in [-0.39, 0.29) is 34.9 Å². The number of carbonyl (C=O) groups excluding carboxylic acids is 2. The molecule has 1 aliphatic heterocycles. The first-order valence-corrected chi connectivity index (χ1v) is 7.14. The van der Waals surface area contributed by atoms with E-state index in [9.17, 15) is 14.0 Å². The molecule has 1 aliphatic carbocycles. The highest BCUT2D eigenvalue weighted by Crippen LogP contribution is 2.45. The maximum atomic E-state index is 13.2. The number of rotatable bonds is 2. The number of imide groups is 1. The highest BCUT2D eigenvalue weighted by Gasteiger charge is 2.53. The molecule has 2 atom stereocenters. The van der Waals surface area contributed by atoms with Crippen molar-refractivity contribution >= 4 is 17.5 Å². The SMILES string of the molecule is CCC1CC2C(=O)N(c3ccc(F)cc3C#N)C(=O)C2C1. The van der Waals surface area contributed by atoms with E-state index in [1.807, 2.05) is 6.07 Å². The Balaban J connectivity index is 1.98.